The van der Waals surface area contributed by atoms with Gasteiger partial charge in [0, 0.05) is 55.7 Å². The van der Waals surface area contributed by atoms with E-state index >= 15 is 0 Å². The number of nitrogens with one attached hydrogen (secondary N) is 1. The quantitative estimate of drug-likeness (QED) is 0.558. The molecule has 0 radical (unpaired) electrons. The number of aromatic nitrogens is 1. The van der Waals surface area contributed by atoms with Crippen LogP contribution in [0.2, 0.25) is 0 Å². The molecule has 3 aromatic rings. The first kappa shape index (κ1) is 20.7. The third-order valence-electron chi connectivity index (χ3n) is 6.58. The van der Waals surface area contributed by atoms with Crippen LogP contribution in [-0.4, -0.2) is 54.8 Å². The van der Waals surface area contributed by atoms with Crippen molar-refractivity contribution in [1.29, 1.82) is 0 Å². The fourth-order valence-corrected chi connectivity index (χ4v) is 4.89. The van der Waals surface area contributed by atoms with E-state index in [4.69, 9.17) is 10.5 Å². The Labute approximate surface area is 188 Å². The van der Waals surface area contributed by atoms with E-state index in [0.29, 0.717) is 0 Å². The van der Waals surface area contributed by atoms with Gasteiger partial charge in [0.2, 0.25) is 0 Å². The Balaban J connectivity index is 1.11. The number of para-hydroxylation sites is 1. The van der Waals surface area contributed by atoms with Crippen LogP contribution in [0.15, 0.2) is 48.5 Å². The van der Waals surface area contributed by atoms with Gasteiger partial charge in [-0.1, -0.05) is 18.2 Å². The minimum Gasteiger partial charge on any atom is -0.493 e. The molecule has 5 rings (SSSR count). The minimum absolute atomic E-state index is 0.525. The summed E-state index contributed by atoms with van der Waals surface area (Å²) in [5.74, 6) is 1.82. The number of unbranched alkanes of at least 4 members (excludes halogenated alkanes) is 1. The molecular formula is C25H31N5O2. The summed E-state index contributed by atoms with van der Waals surface area (Å²) in [5.41, 5.74) is 9.16. The standard InChI is InChI=1S/C25H31N5O2/c26-25(31)27-24-18-19-5-1-2-6-22(19)30(24)11-4-3-10-28-12-14-29(15-13-28)21-7-8-23-20(17-21)9-16-32-23/h1-2,5-8,17-18H,3-4,9-16H2,(H3,26,27,31). The third-order valence-corrected chi connectivity index (χ3v) is 6.58. The van der Waals surface area contributed by atoms with Crippen molar-refractivity contribution in [3.8, 4) is 5.75 Å². The van der Waals surface area contributed by atoms with Crippen molar-refractivity contribution in [3.05, 3.63) is 54.1 Å². The number of carbonyl (C=O) groups excluding carboxylic acids is 1. The van der Waals surface area contributed by atoms with Crippen molar-refractivity contribution in [2.24, 2.45) is 5.73 Å². The molecule has 0 atom stereocenters. The first-order valence-corrected chi connectivity index (χ1v) is 11.6. The highest BCUT2D eigenvalue weighted by Crippen LogP contribution is 2.30. The fraction of sp³-hybridized carbons (Fsp3) is 0.400. The molecule has 2 aliphatic rings. The topological polar surface area (TPSA) is 75.8 Å². The monoisotopic (exact) mass is 433 g/mol. The van der Waals surface area contributed by atoms with Crippen LogP contribution < -0.4 is 20.7 Å². The van der Waals surface area contributed by atoms with E-state index in [2.05, 4.69) is 50.0 Å². The second-order valence-corrected chi connectivity index (χ2v) is 8.66. The zero-order valence-electron chi connectivity index (χ0n) is 18.4. The Hall–Kier alpha value is -3.19. The van der Waals surface area contributed by atoms with Crippen LogP contribution in [0.25, 0.3) is 10.9 Å². The number of aryl methyl sites for hydroxylation is 1. The van der Waals surface area contributed by atoms with E-state index in [-0.39, 0.29) is 0 Å². The first-order valence-electron chi connectivity index (χ1n) is 11.6. The molecule has 0 saturated carbocycles. The van der Waals surface area contributed by atoms with Crippen LogP contribution in [0.5, 0.6) is 5.75 Å². The number of nitrogens with two attached hydrogens (primary N) is 1. The molecule has 1 aromatic heterocycles. The number of nitrogens with zero attached hydrogens (tertiary/aromatic N) is 3. The molecule has 2 aliphatic heterocycles. The maximum absolute atomic E-state index is 11.4. The van der Waals surface area contributed by atoms with Crippen LogP contribution in [0.1, 0.15) is 18.4 Å². The smallest absolute Gasteiger partial charge is 0.317 e. The molecule has 7 heteroatoms. The van der Waals surface area contributed by atoms with E-state index in [1.54, 1.807) is 0 Å². The Morgan fingerprint density at radius 3 is 2.66 bits per heavy atom. The minimum atomic E-state index is -0.525. The lowest BCUT2D eigenvalue weighted by Crippen LogP contribution is -2.46. The van der Waals surface area contributed by atoms with Gasteiger partial charge < -0.3 is 19.9 Å². The summed E-state index contributed by atoms with van der Waals surface area (Å²) < 4.78 is 7.80. The van der Waals surface area contributed by atoms with Gasteiger partial charge in [0.25, 0.3) is 0 Å². The van der Waals surface area contributed by atoms with E-state index in [0.717, 1.165) is 87.6 Å². The van der Waals surface area contributed by atoms with Gasteiger partial charge in [0.15, 0.2) is 0 Å². The number of piperazine rings is 1. The number of hydrogen-bond acceptors (Lipinski definition) is 4. The summed E-state index contributed by atoms with van der Waals surface area (Å²) in [4.78, 5) is 16.4. The van der Waals surface area contributed by atoms with Crippen molar-refractivity contribution in [2.45, 2.75) is 25.8 Å². The molecule has 1 saturated heterocycles. The molecule has 1 fully saturated rings. The van der Waals surface area contributed by atoms with E-state index in [1.165, 1.54) is 11.3 Å². The molecule has 0 unspecified atom stereocenters. The zero-order chi connectivity index (χ0) is 21.9. The highest BCUT2D eigenvalue weighted by atomic mass is 16.5. The molecule has 7 nitrogen and oxygen atoms in total. The van der Waals surface area contributed by atoms with Crippen molar-refractivity contribution >= 4 is 28.4 Å². The number of fused-ring (bicyclic) bond motifs is 2. The second kappa shape index (κ2) is 9.12. The van der Waals surface area contributed by atoms with Gasteiger partial charge >= 0.3 is 6.03 Å². The number of carbonyl (C=O) groups is 1. The molecule has 32 heavy (non-hydrogen) atoms. The number of hydrogen-bond donors (Lipinski definition) is 2. The number of urea groups is 1. The summed E-state index contributed by atoms with van der Waals surface area (Å²) in [6.07, 6.45) is 3.20. The highest BCUT2D eigenvalue weighted by Gasteiger charge is 2.19. The fourth-order valence-electron chi connectivity index (χ4n) is 4.89. The summed E-state index contributed by atoms with van der Waals surface area (Å²) in [6.45, 7) is 7.08. The molecule has 2 amide bonds. The largest absolute Gasteiger partial charge is 0.493 e. The number of primary amides is 1. The van der Waals surface area contributed by atoms with Crippen LogP contribution in [-0.2, 0) is 13.0 Å². The molecule has 168 valence electrons. The maximum atomic E-state index is 11.4. The summed E-state index contributed by atoms with van der Waals surface area (Å²) in [5, 5.41) is 3.88. The molecule has 0 aliphatic carbocycles. The van der Waals surface area contributed by atoms with Crippen molar-refractivity contribution < 1.29 is 9.53 Å². The van der Waals surface area contributed by atoms with Gasteiger partial charge in [-0.2, -0.15) is 0 Å². The molecule has 0 spiro atoms. The van der Waals surface area contributed by atoms with Gasteiger partial charge in [-0.15, -0.1) is 0 Å². The molecule has 0 bridgehead atoms. The lowest BCUT2D eigenvalue weighted by atomic mass is 10.1. The average molecular weight is 434 g/mol. The SMILES string of the molecule is NC(=O)Nc1cc2ccccc2n1CCCCN1CCN(c2ccc3c(c2)CCO3)CC1. The molecule has 2 aromatic carbocycles. The second-order valence-electron chi connectivity index (χ2n) is 8.66. The first-order chi connectivity index (χ1) is 15.7. The number of ether oxygens (including phenoxy) is 1. The Morgan fingerprint density at radius 1 is 1.00 bits per heavy atom. The van der Waals surface area contributed by atoms with Gasteiger partial charge in [0.1, 0.15) is 11.6 Å². The summed E-state index contributed by atoms with van der Waals surface area (Å²) in [7, 11) is 0. The van der Waals surface area contributed by atoms with Crippen molar-refractivity contribution in [1.82, 2.24) is 9.47 Å². The zero-order valence-corrected chi connectivity index (χ0v) is 18.4. The summed E-state index contributed by atoms with van der Waals surface area (Å²) >= 11 is 0. The number of amides is 2. The van der Waals surface area contributed by atoms with Gasteiger partial charge in [0.05, 0.1) is 6.61 Å². The lowest BCUT2D eigenvalue weighted by Gasteiger charge is -2.36. The normalized spacial score (nSPS) is 16.2. The molecular weight excluding hydrogens is 402 g/mol. The molecule has 3 heterocycles. The van der Waals surface area contributed by atoms with Crippen LogP contribution >= 0.6 is 0 Å². The predicted molar refractivity (Wildman–Crippen MR) is 129 cm³/mol. The van der Waals surface area contributed by atoms with Crippen molar-refractivity contribution in [3.63, 3.8) is 0 Å². The predicted octanol–water partition coefficient (Wildman–Crippen LogP) is 3.67. The Morgan fingerprint density at radius 2 is 1.81 bits per heavy atom. The Bertz CT molecular complexity index is 1100. The van der Waals surface area contributed by atoms with E-state index < -0.39 is 6.03 Å². The van der Waals surface area contributed by atoms with E-state index in [9.17, 15) is 4.79 Å². The van der Waals surface area contributed by atoms with E-state index in [1.807, 2.05) is 18.2 Å². The molecule has 3 N–H and O–H groups in total. The number of rotatable bonds is 7. The van der Waals surface area contributed by atoms with Gasteiger partial charge in [-0.3, -0.25) is 10.2 Å². The third kappa shape index (κ3) is 4.39. The van der Waals surface area contributed by atoms with Crippen molar-refractivity contribution in [2.75, 3.05) is 49.5 Å². The highest BCUT2D eigenvalue weighted by molar-refractivity contribution is 5.92. The number of benzene rings is 2. The average Bonchev–Trinajstić information content (AvgIpc) is 3.40. The summed E-state index contributed by atoms with van der Waals surface area (Å²) in [6, 6.07) is 16.3. The van der Waals surface area contributed by atoms with Gasteiger partial charge in [-0.25, -0.2) is 4.79 Å². The number of anilines is 2. The lowest BCUT2D eigenvalue weighted by molar-refractivity contribution is 0.251. The van der Waals surface area contributed by atoms with Crippen LogP contribution in [0.3, 0.4) is 0 Å². The van der Waals surface area contributed by atoms with Crippen LogP contribution in [0, 0.1) is 0 Å². The Kier molecular flexibility index (Phi) is 5.90. The van der Waals surface area contributed by atoms with Crippen LogP contribution in [0.4, 0.5) is 16.3 Å². The maximum Gasteiger partial charge on any atom is 0.317 e. The van der Waals surface area contributed by atoms with Gasteiger partial charge in [-0.05, 0) is 55.3 Å².